The Morgan fingerprint density at radius 2 is 2.13 bits per heavy atom. The van der Waals surface area contributed by atoms with Gasteiger partial charge in [-0.3, -0.25) is 4.79 Å². The van der Waals surface area contributed by atoms with E-state index in [1.807, 2.05) is 13.8 Å². The number of hydrogen-bond donors (Lipinski definition) is 0. The Morgan fingerprint density at radius 3 is 2.80 bits per heavy atom. The highest BCUT2D eigenvalue weighted by Crippen LogP contribution is 2.41. The molecule has 0 spiro atoms. The van der Waals surface area contributed by atoms with Crippen LogP contribution in [0.4, 0.5) is 0 Å². The summed E-state index contributed by atoms with van der Waals surface area (Å²) in [5.74, 6) is 0.0338. The van der Waals surface area contributed by atoms with Gasteiger partial charge in [0.05, 0.1) is 6.10 Å². The SMILES string of the molecule is CCCC[C@@H]1CC(=O)[C@@H]2OC(C)(C)O[C@H]12. The predicted octanol–water partition coefficient (Wildman–Crippen LogP) is 2.29. The van der Waals surface area contributed by atoms with E-state index in [2.05, 4.69) is 6.92 Å². The summed E-state index contributed by atoms with van der Waals surface area (Å²) < 4.78 is 11.4. The van der Waals surface area contributed by atoms with Crippen LogP contribution in [0.15, 0.2) is 0 Å². The minimum Gasteiger partial charge on any atom is -0.344 e. The number of ketones is 1. The molecule has 2 rings (SSSR count). The molecule has 3 atom stereocenters. The standard InChI is InChI=1S/C12H20O3/c1-4-5-6-8-7-9(13)11-10(8)14-12(2,3)15-11/h8,10-11H,4-7H2,1-3H3/t8-,10-,11+/m1/s1. The summed E-state index contributed by atoms with van der Waals surface area (Å²) in [6.07, 6.45) is 3.80. The van der Waals surface area contributed by atoms with Gasteiger partial charge in [0.1, 0.15) is 6.10 Å². The average Bonchev–Trinajstić information content (AvgIpc) is 2.60. The van der Waals surface area contributed by atoms with Crippen LogP contribution in [0.25, 0.3) is 0 Å². The van der Waals surface area contributed by atoms with Gasteiger partial charge >= 0.3 is 0 Å². The van der Waals surface area contributed by atoms with Crippen molar-refractivity contribution in [3.63, 3.8) is 0 Å². The molecular formula is C12H20O3. The lowest BCUT2D eigenvalue weighted by molar-refractivity contribution is -0.163. The summed E-state index contributed by atoms with van der Waals surface area (Å²) in [6, 6.07) is 0. The van der Waals surface area contributed by atoms with Crippen molar-refractivity contribution in [3.05, 3.63) is 0 Å². The molecule has 0 bridgehead atoms. The maximum Gasteiger partial charge on any atom is 0.164 e. The summed E-state index contributed by atoms with van der Waals surface area (Å²) in [7, 11) is 0. The maximum absolute atomic E-state index is 11.7. The van der Waals surface area contributed by atoms with Gasteiger partial charge in [-0.1, -0.05) is 19.8 Å². The van der Waals surface area contributed by atoms with Gasteiger partial charge in [-0.25, -0.2) is 0 Å². The summed E-state index contributed by atoms with van der Waals surface area (Å²) in [6.45, 7) is 5.94. The molecule has 0 aromatic heterocycles. The fourth-order valence-electron chi connectivity index (χ4n) is 2.61. The monoisotopic (exact) mass is 212 g/mol. The van der Waals surface area contributed by atoms with Gasteiger partial charge in [0, 0.05) is 6.42 Å². The Hall–Kier alpha value is -0.410. The van der Waals surface area contributed by atoms with E-state index in [0.717, 1.165) is 6.42 Å². The number of unbranched alkanes of at least 4 members (excludes halogenated alkanes) is 1. The molecule has 0 radical (unpaired) electrons. The van der Waals surface area contributed by atoms with Gasteiger partial charge in [0.2, 0.25) is 0 Å². The van der Waals surface area contributed by atoms with Gasteiger partial charge in [-0.2, -0.15) is 0 Å². The van der Waals surface area contributed by atoms with Crippen LogP contribution >= 0.6 is 0 Å². The number of carbonyl (C=O) groups is 1. The topological polar surface area (TPSA) is 35.5 Å². The lowest BCUT2D eigenvalue weighted by atomic mass is 9.98. The number of fused-ring (bicyclic) bond motifs is 1. The molecule has 3 heteroatoms. The zero-order chi connectivity index (χ0) is 11.1. The molecule has 0 aromatic rings. The normalized spacial score (nSPS) is 38.3. The lowest BCUT2D eigenvalue weighted by Crippen LogP contribution is -2.25. The van der Waals surface area contributed by atoms with Crippen molar-refractivity contribution >= 4 is 5.78 Å². The molecule has 2 fully saturated rings. The van der Waals surface area contributed by atoms with Crippen LogP contribution in [0.1, 0.15) is 46.5 Å². The van der Waals surface area contributed by atoms with E-state index in [1.165, 1.54) is 12.8 Å². The van der Waals surface area contributed by atoms with E-state index >= 15 is 0 Å². The molecule has 2 aliphatic rings. The van der Waals surface area contributed by atoms with Crippen molar-refractivity contribution < 1.29 is 14.3 Å². The Morgan fingerprint density at radius 1 is 1.40 bits per heavy atom. The third-order valence-electron chi connectivity index (χ3n) is 3.30. The zero-order valence-electron chi connectivity index (χ0n) is 9.79. The van der Waals surface area contributed by atoms with Gasteiger partial charge in [-0.15, -0.1) is 0 Å². The molecule has 1 aliphatic heterocycles. The van der Waals surface area contributed by atoms with Crippen LogP contribution < -0.4 is 0 Å². The number of ether oxygens (including phenoxy) is 2. The quantitative estimate of drug-likeness (QED) is 0.720. The molecule has 86 valence electrons. The van der Waals surface area contributed by atoms with E-state index in [1.54, 1.807) is 0 Å². The number of Topliss-reactive ketones (excluding diaryl/α,β-unsaturated/α-hetero) is 1. The Balaban J connectivity index is 2.02. The first-order valence-corrected chi connectivity index (χ1v) is 5.92. The molecule has 1 aliphatic carbocycles. The van der Waals surface area contributed by atoms with E-state index in [9.17, 15) is 4.79 Å². The van der Waals surface area contributed by atoms with Crippen LogP contribution in [0.3, 0.4) is 0 Å². The Bertz CT molecular complexity index is 260. The first-order valence-electron chi connectivity index (χ1n) is 5.92. The summed E-state index contributed by atoms with van der Waals surface area (Å²) in [5.41, 5.74) is 0. The highest BCUT2D eigenvalue weighted by Gasteiger charge is 2.53. The molecule has 0 N–H and O–H groups in total. The lowest BCUT2D eigenvalue weighted by Gasteiger charge is -2.21. The largest absolute Gasteiger partial charge is 0.344 e. The van der Waals surface area contributed by atoms with Crippen molar-refractivity contribution in [2.24, 2.45) is 5.92 Å². The molecule has 0 amide bonds. The second-order valence-corrected chi connectivity index (χ2v) is 5.09. The molecule has 1 saturated heterocycles. The van der Waals surface area contributed by atoms with Gasteiger partial charge in [0.25, 0.3) is 0 Å². The van der Waals surface area contributed by atoms with Crippen LogP contribution in [-0.2, 0) is 14.3 Å². The number of carbonyl (C=O) groups excluding carboxylic acids is 1. The summed E-state index contributed by atoms with van der Waals surface area (Å²) >= 11 is 0. The fraction of sp³-hybridized carbons (Fsp3) is 0.917. The third kappa shape index (κ3) is 2.08. The van der Waals surface area contributed by atoms with E-state index < -0.39 is 5.79 Å². The van der Waals surface area contributed by atoms with E-state index in [0.29, 0.717) is 12.3 Å². The van der Waals surface area contributed by atoms with Crippen LogP contribution in [0.2, 0.25) is 0 Å². The summed E-state index contributed by atoms with van der Waals surface area (Å²) in [4.78, 5) is 11.7. The Kier molecular flexibility index (Phi) is 2.86. The molecule has 3 nitrogen and oxygen atoms in total. The molecule has 0 unspecified atom stereocenters. The minimum absolute atomic E-state index is 0.0130. The highest BCUT2D eigenvalue weighted by molar-refractivity contribution is 5.86. The summed E-state index contributed by atoms with van der Waals surface area (Å²) in [5, 5.41) is 0. The smallest absolute Gasteiger partial charge is 0.164 e. The van der Waals surface area contributed by atoms with Crippen LogP contribution in [0, 0.1) is 5.92 Å². The van der Waals surface area contributed by atoms with Gasteiger partial charge in [-0.05, 0) is 26.2 Å². The van der Waals surface area contributed by atoms with Crippen molar-refractivity contribution in [3.8, 4) is 0 Å². The zero-order valence-corrected chi connectivity index (χ0v) is 9.79. The maximum atomic E-state index is 11.7. The second-order valence-electron chi connectivity index (χ2n) is 5.09. The van der Waals surface area contributed by atoms with Crippen molar-refractivity contribution in [1.29, 1.82) is 0 Å². The number of rotatable bonds is 3. The first kappa shape index (κ1) is 11.1. The minimum atomic E-state index is -0.574. The molecule has 1 saturated carbocycles. The number of hydrogen-bond acceptors (Lipinski definition) is 3. The van der Waals surface area contributed by atoms with Gasteiger partial charge < -0.3 is 9.47 Å². The predicted molar refractivity (Wildman–Crippen MR) is 56.5 cm³/mol. The molecule has 1 heterocycles. The molecule has 0 aromatic carbocycles. The first-order chi connectivity index (χ1) is 7.03. The van der Waals surface area contributed by atoms with Crippen molar-refractivity contribution in [1.82, 2.24) is 0 Å². The van der Waals surface area contributed by atoms with Crippen molar-refractivity contribution in [2.45, 2.75) is 64.4 Å². The molecule has 15 heavy (non-hydrogen) atoms. The average molecular weight is 212 g/mol. The van der Waals surface area contributed by atoms with Crippen LogP contribution in [0.5, 0.6) is 0 Å². The third-order valence-corrected chi connectivity index (χ3v) is 3.30. The second kappa shape index (κ2) is 3.87. The Labute approximate surface area is 91.1 Å². The molecular weight excluding hydrogens is 192 g/mol. The van der Waals surface area contributed by atoms with Crippen LogP contribution in [-0.4, -0.2) is 23.8 Å². The van der Waals surface area contributed by atoms with Crippen molar-refractivity contribution in [2.75, 3.05) is 0 Å². The van der Waals surface area contributed by atoms with Gasteiger partial charge in [0.15, 0.2) is 11.6 Å². The fourth-order valence-corrected chi connectivity index (χ4v) is 2.61. The van der Waals surface area contributed by atoms with E-state index in [-0.39, 0.29) is 18.0 Å². The highest BCUT2D eigenvalue weighted by atomic mass is 16.8. The van der Waals surface area contributed by atoms with E-state index in [4.69, 9.17) is 9.47 Å².